The monoisotopic (exact) mass is 556 g/mol. The molecule has 0 bridgehead atoms. The molecule has 194 valence electrons. The van der Waals surface area contributed by atoms with Gasteiger partial charge in [0, 0.05) is 64.7 Å². The van der Waals surface area contributed by atoms with Crippen molar-refractivity contribution < 1.29 is 8.42 Å². The smallest absolute Gasteiger partial charge is 0.214 e. The van der Waals surface area contributed by atoms with Crippen LogP contribution in [0.2, 0.25) is 5.02 Å². The summed E-state index contributed by atoms with van der Waals surface area (Å²) in [6, 6.07) is 5.62. The third-order valence-electron chi connectivity index (χ3n) is 7.07. The number of aryl methyl sites for hydroxylation is 1. The Labute approximate surface area is 226 Å². The van der Waals surface area contributed by atoms with Crippen molar-refractivity contribution in [2.45, 2.75) is 63.4 Å². The van der Waals surface area contributed by atoms with Crippen LogP contribution in [0.1, 0.15) is 66.9 Å². The van der Waals surface area contributed by atoms with Crippen LogP contribution >= 0.6 is 22.9 Å². The number of aromatic nitrogens is 3. The summed E-state index contributed by atoms with van der Waals surface area (Å²) in [4.78, 5) is 12.0. The quantitative estimate of drug-likeness (QED) is 0.444. The van der Waals surface area contributed by atoms with Crippen molar-refractivity contribution >= 4 is 44.4 Å². The fraction of sp³-hybridized carbons (Fsp3) is 0.423. The predicted octanol–water partition coefficient (Wildman–Crippen LogP) is 4.95. The van der Waals surface area contributed by atoms with Crippen LogP contribution in [0.15, 0.2) is 52.9 Å². The van der Waals surface area contributed by atoms with Crippen LogP contribution in [0.5, 0.6) is 0 Å². The molecule has 6 rings (SSSR count). The molecular formula is C26H29ClN6O2S2. The minimum atomic E-state index is -3.34. The van der Waals surface area contributed by atoms with E-state index in [0.29, 0.717) is 18.0 Å². The highest BCUT2D eigenvalue weighted by atomic mass is 35.5. The molecule has 2 fully saturated rings. The van der Waals surface area contributed by atoms with E-state index in [0.717, 1.165) is 51.6 Å². The van der Waals surface area contributed by atoms with Gasteiger partial charge < -0.3 is 4.90 Å². The van der Waals surface area contributed by atoms with Gasteiger partial charge in [-0.1, -0.05) is 23.7 Å². The van der Waals surface area contributed by atoms with Crippen LogP contribution in [-0.4, -0.2) is 51.8 Å². The molecule has 1 saturated carbocycles. The lowest BCUT2D eigenvalue weighted by atomic mass is 9.90. The van der Waals surface area contributed by atoms with Crippen molar-refractivity contribution in [3.05, 3.63) is 74.6 Å². The molecular weight excluding hydrogens is 528 g/mol. The second-order valence-electron chi connectivity index (χ2n) is 10.3. The topological polar surface area (TPSA) is 92.5 Å². The summed E-state index contributed by atoms with van der Waals surface area (Å²) in [6.07, 6.45) is 7.71. The number of fused-ring (bicyclic) bond motifs is 1. The summed E-state index contributed by atoms with van der Waals surface area (Å²) < 4.78 is 30.6. The molecule has 0 amide bonds. The number of sulfonamides is 1. The van der Waals surface area contributed by atoms with Crippen molar-refractivity contribution in [3.8, 4) is 0 Å². The molecule has 2 atom stereocenters. The van der Waals surface area contributed by atoms with Crippen LogP contribution < -0.4 is 4.72 Å². The Bertz CT molecular complexity index is 1510. The third-order valence-corrected chi connectivity index (χ3v) is 10.2. The summed E-state index contributed by atoms with van der Waals surface area (Å²) in [6.45, 7) is 6.69. The molecule has 1 saturated heterocycles. The van der Waals surface area contributed by atoms with Crippen molar-refractivity contribution in [2.24, 2.45) is 4.99 Å². The molecule has 4 heterocycles. The number of hydrogen-bond acceptors (Lipinski definition) is 7. The molecule has 0 radical (unpaired) electrons. The van der Waals surface area contributed by atoms with Crippen molar-refractivity contribution in [2.75, 3.05) is 6.54 Å². The summed E-state index contributed by atoms with van der Waals surface area (Å²) in [5.41, 5.74) is 4.98. The van der Waals surface area contributed by atoms with E-state index in [2.05, 4.69) is 33.6 Å². The first-order valence-electron chi connectivity index (χ1n) is 12.5. The second kappa shape index (κ2) is 9.34. The van der Waals surface area contributed by atoms with Gasteiger partial charge in [-0.15, -0.1) is 11.3 Å². The van der Waals surface area contributed by atoms with Crippen LogP contribution in [0.4, 0.5) is 0 Å². The van der Waals surface area contributed by atoms with Crippen molar-refractivity contribution in [3.63, 3.8) is 0 Å². The summed E-state index contributed by atoms with van der Waals surface area (Å²) >= 11 is 8.34. The molecule has 37 heavy (non-hydrogen) atoms. The number of nitrogens with zero attached hydrogens (tertiary/aromatic N) is 5. The van der Waals surface area contributed by atoms with E-state index in [-0.39, 0.29) is 23.4 Å². The summed E-state index contributed by atoms with van der Waals surface area (Å²) in [5, 5.41) is 7.72. The highest BCUT2D eigenvalue weighted by Crippen LogP contribution is 2.46. The van der Waals surface area contributed by atoms with E-state index in [1.54, 1.807) is 6.20 Å². The molecule has 3 aromatic rings. The van der Waals surface area contributed by atoms with E-state index < -0.39 is 10.0 Å². The number of amidine groups is 1. The minimum Gasteiger partial charge on any atom is -0.326 e. The Morgan fingerprint density at radius 3 is 2.70 bits per heavy atom. The lowest BCUT2D eigenvalue weighted by Gasteiger charge is -2.32. The van der Waals surface area contributed by atoms with Crippen LogP contribution in [-0.2, 0) is 10.0 Å². The Morgan fingerprint density at radius 1 is 1.24 bits per heavy atom. The molecule has 1 N–H and O–H groups in total. The number of hydrogen-bond donors (Lipinski definition) is 1. The van der Waals surface area contributed by atoms with Gasteiger partial charge in [0.1, 0.15) is 6.04 Å². The largest absolute Gasteiger partial charge is 0.326 e. The van der Waals surface area contributed by atoms with Gasteiger partial charge in [0.05, 0.1) is 11.4 Å². The lowest BCUT2D eigenvalue weighted by molar-refractivity contribution is 0.517. The van der Waals surface area contributed by atoms with Crippen LogP contribution in [0.3, 0.4) is 0 Å². The van der Waals surface area contributed by atoms with Gasteiger partial charge in [0.15, 0.2) is 10.8 Å². The maximum Gasteiger partial charge on any atom is 0.214 e. The van der Waals surface area contributed by atoms with Gasteiger partial charge in [0.25, 0.3) is 0 Å². The normalized spacial score (nSPS) is 22.1. The Morgan fingerprint density at radius 2 is 2.05 bits per heavy atom. The maximum absolute atomic E-state index is 12.8. The van der Waals surface area contributed by atoms with Gasteiger partial charge >= 0.3 is 0 Å². The average molecular weight is 557 g/mol. The van der Waals surface area contributed by atoms with E-state index in [9.17, 15) is 8.42 Å². The third kappa shape index (κ3) is 4.65. The molecule has 0 spiro atoms. The number of nitrogens with one attached hydrogen (secondary N) is 1. The Balaban J connectivity index is 1.51. The zero-order valence-electron chi connectivity index (χ0n) is 20.9. The maximum atomic E-state index is 12.8. The van der Waals surface area contributed by atoms with E-state index in [4.69, 9.17) is 16.6 Å². The molecule has 2 aliphatic heterocycles. The number of aliphatic imine (C=N–C) groups is 1. The van der Waals surface area contributed by atoms with E-state index >= 15 is 0 Å². The lowest BCUT2D eigenvalue weighted by Crippen LogP contribution is -2.40. The standard InChI is InChI=1S/C26H29ClN6O2S2/c1-15(2)33-13-17(12-29-33)23-22-11-18(31-37(34,35)19-5-6-19)14-32(22)25(26-28-8-9-36-26)30-24(23)20-7-4-16(3)10-21(20)27/h4,7-10,12-13,15,18-19,24,31H,5-6,11,14H2,1-3H3/t18-,24-/m0/s1. The highest BCUT2D eigenvalue weighted by molar-refractivity contribution is 7.90. The number of halogens is 1. The molecule has 11 heteroatoms. The Hall–Kier alpha value is -2.53. The van der Waals surface area contributed by atoms with Gasteiger partial charge in [-0.3, -0.25) is 9.67 Å². The first kappa shape index (κ1) is 24.8. The molecule has 1 aromatic carbocycles. The SMILES string of the molecule is Cc1ccc([C@@H]2N=C(c3nccs3)N3C[C@@H](NS(=O)(=O)C4CC4)CC3=C2c2cnn(C(C)C)c2)c(Cl)c1. The van der Waals surface area contributed by atoms with Gasteiger partial charge in [-0.25, -0.2) is 18.1 Å². The number of thiazole rings is 1. The summed E-state index contributed by atoms with van der Waals surface area (Å²) in [7, 11) is -3.34. The zero-order chi connectivity index (χ0) is 25.9. The van der Waals surface area contributed by atoms with Gasteiger partial charge in [-0.2, -0.15) is 5.10 Å². The van der Waals surface area contributed by atoms with Gasteiger partial charge in [-0.05, 0) is 50.8 Å². The predicted molar refractivity (Wildman–Crippen MR) is 147 cm³/mol. The first-order valence-corrected chi connectivity index (χ1v) is 15.3. The molecule has 8 nitrogen and oxygen atoms in total. The molecule has 0 unspecified atom stereocenters. The van der Waals surface area contributed by atoms with Crippen LogP contribution in [0, 0.1) is 6.92 Å². The average Bonchev–Trinajstić information content (AvgIpc) is 3.21. The second-order valence-corrected chi connectivity index (χ2v) is 13.5. The van der Waals surface area contributed by atoms with E-state index in [1.165, 1.54) is 11.3 Å². The molecule has 3 aliphatic rings. The zero-order valence-corrected chi connectivity index (χ0v) is 23.3. The fourth-order valence-electron chi connectivity index (χ4n) is 5.08. The number of benzene rings is 1. The molecule has 1 aliphatic carbocycles. The van der Waals surface area contributed by atoms with E-state index in [1.807, 2.05) is 47.6 Å². The van der Waals surface area contributed by atoms with Crippen molar-refractivity contribution in [1.82, 2.24) is 24.4 Å². The highest BCUT2D eigenvalue weighted by Gasteiger charge is 2.43. The van der Waals surface area contributed by atoms with Crippen LogP contribution in [0.25, 0.3) is 5.57 Å². The molecule has 2 aromatic heterocycles. The van der Waals surface area contributed by atoms with Gasteiger partial charge in [0.2, 0.25) is 10.0 Å². The Kier molecular flexibility index (Phi) is 6.26. The summed E-state index contributed by atoms with van der Waals surface area (Å²) in [5.74, 6) is 0.750. The first-order chi connectivity index (χ1) is 17.7. The fourth-order valence-corrected chi connectivity index (χ4v) is 7.63. The number of rotatable bonds is 7. The van der Waals surface area contributed by atoms with Crippen molar-refractivity contribution in [1.29, 1.82) is 0 Å². The minimum absolute atomic E-state index is 0.205.